The van der Waals surface area contributed by atoms with Gasteiger partial charge in [0.1, 0.15) is 0 Å². The topological polar surface area (TPSA) is 87.7 Å². The van der Waals surface area contributed by atoms with Crippen LogP contribution in [0.5, 0.6) is 0 Å². The summed E-state index contributed by atoms with van der Waals surface area (Å²) < 4.78 is 53.1. The molecule has 8 aliphatic rings. The highest BCUT2D eigenvalue weighted by molar-refractivity contribution is 7.91. The van der Waals surface area contributed by atoms with E-state index in [-0.39, 0.29) is 10.8 Å². The largest absolute Gasteiger partial charge is 0.371 e. The fourth-order valence-corrected chi connectivity index (χ4v) is 20.3. The van der Waals surface area contributed by atoms with Crippen LogP contribution in [0.1, 0.15) is 100 Å². The van der Waals surface area contributed by atoms with E-state index in [0.717, 1.165) is 96.3 Å². The van der Waals surface area contributed by atoms with Crippen LogP contribution in [0, 0.1) is 29.6 Å². The molecule has 2 unspecified atom stereocenters. The third kappa shape index (κ3) is 12.0. The van der Waals surface area contributed by atoms with Crippen LogP contribution in [-0.2, 0) is 30.5 Å². The van der Waals surface area contributed by atoms with Crippen molar-refractivity contribution in [1.82, 2.24) is 19.6 Å². The van der Waals surface area contributed by atoms with Crippen LogP contribution in [0.15, 0.2) is 201 Å². The Hall–Kier alpha value is -5.86. The zero-order chi connectivity index (χ0) is 59.7. The fraction of sp³-hybridized carbons (Fsp3) is 0.474. The molecule has 0 N–H and O–H groups in total. The number of allylic oxidation sites excluding steroid dienone is 3. The first kappa shape index (κ1) is 59.7. The standard InChI is InChI=1S/C76H92N6O4S2/c83-87(84,71-20-6-2-7-21-71)73-34-30-69(31-35-73)81-53-59(54-81)51-77-46-38-66(39-47-77)75(63-18-10-11-19-63,57-79-42-12-13-43-79)65-27-24-61(25-28-65)62-26-29-68(50-62)76(58-80-44-14-15-45-80,64-16-4-1-5-17-64)67-40-48-78(49-41-67)52-60-55-82(56-60)70-32-36-74(37-33-70)88(85,86)72-22-8-3-9-23-72/h1-9,16-18,20-25,27-28,30-37,50,59-60,66-68H,10-15,19,26,29,38-49,51-58H2/t68-,75?,76?/m1/s1. The number of likely N-dealkylation sites (tertiary alicyclic amines) is 4. The van der Waals surface area contributed by atoms with Gasteiger partial charge >= 0.3 is 0 Å². The molecule has 14 rings (SSSR count). The van der Waals surface area contributed by atoms with E-state index < -0.39 is 19.7 Å². The Kier molecular flexibility index (Phi) is 17.5. The zero-order valence-electron chi connectivity index (χ0n) is 51.8. The Bertz CT molecular complexity index is 3600. The normalized spacial score (nSPS) is 23.2. The second-order valence-corrected chi connectivity index (χ2v) is 31.6. The van der Waals surface area contributed by atoms with Crippen molar-refractivity contribution in [3.63, 3.8) is 0 Å². The van der Waals surface area contributed by atoms with Crippen molar-refractivity contribution in [3.05, 3.63) is 198 Å². The molecule has 0 bridgehead atoms. The van der Waals surface area contributed by atoms with E-state index in [9.17, 15) is 16.8 Å². The van der Waals surface area contributed by atoms with Crippen LogP contribution < -0.4 is 9.80 Å². The quantitative estimate of drug-likeness (QED) is 0.0649. The van der Waals surface area contributed by atoms with Crippen LogP contribution in [0.4, 0.5) is 11.4 Å². The molecule has 6 fully saturated rings. The summed E-state index contributed by atoms with van der Waals surface area (Å²) in [5, 5.41) is 0. The maximum atomic E-state index is 13.3. The van der Waals surface area contributed by atoms with Crippen molar-refractivity contribution in [2.75, 3.05) is 115 Å². The zero-order valence-corrected chi connectivity index (χ0v) is 53.4. The van der Waals surface area contributed by atoms with Crippen molar-refractivity contribution < 1.29 is 16.8 Å². The summed E-state index contributed by atoms with van der Waals surface area (Å²) in [4.78, 5) is 17.4. The lowest BCUT2D eigenvalue weighted by atomic mass is 9.59. The number of hydrogen-bond donors (Lipinski definition) is 0. The monoisotopic (exact) mass is 1220 g/mol. The summed E-state index contributed by atoms with van der Waals surface area (Å²) in [6, 6.07) is 54.7. The third-order valence-electron chi connectivity index (χ3n) is 22.5. The van der Waals surface area contributed by atoms with E-state index in [1.807, 2.05) is 36.4 Å². The molecule has 88 heavy (non-hydrogen) atoms. The Morgan fingerprint density at radius 2 is 0.864 bits per heavy atom. The summed E-state index contributed by atoms with van der Waals surface area (Å²) in [7, 11) is -7.07. The van der Waals surface area contributed by atoms with Crippen LogP contribution in [0.25, 0.3) is 5.57 Å². The summed E-state index contributed by atoms with van der Waals surface area (Å²) in [5.74, 6) is 2.90. The molecule has 462 valence electrons. The van der Waals surface area contributed by atoms with Gasteiger partial charge in [0.15, 0.2) is 0 Å². The summed E-state index contributed by atoms with van der Waals surface area (Å²) in [6.45, 7) is 18.0. The van der Waals surface area contributed by atoms with Crippen molar-refractivity contribution in [2.24, 2.45) is 29.6 Å². The lowest BCUT2D eigenvalue weighted by molar-refractivity contribution is 0.0637. The molecule has 0 radical (unpaired) electrons. The van der Waals surface area contributed by atoms with Crippen LogP contribution in [-0.4, -0.2) is 141 Å². The molecule has 6 heterocycles. The summed E-state index contributed by atoms with van der Waals surface area (Å²) in [5.41, 5.74) is 10.1. The molecule has 0 spiro atoms. The molecule has 6 aromatic rings. The highest BCUT2D eigenvalue weighted by Gasteiger charge is 2.50. The molecule has 6 saturated heterocycles. The SMILES string of the molecule is O=S(=O)(c1ccccc1)c1ccc(N2CC(CN3CCC(C(CN4CCCC4)(C4=CCCC4)c4ccc(C5=C[C@H](C(CN6CCCC6)(c6ccccc6)C6CCN(CC7CN(c8ccc(S(=O)(=O)c9ccccc9)cc8)C7)CC6)CC5)cc4)CC3)C2)cc1. The smallest absolute Gasteiger partial charge is 0.206 e. The molecule has 3 atom stereocenters. The maximum absolute atomic E-state index is 13.3. The van der Waals surface area contributed by atoms with Crippen molar-refractivity contribution >= 4 is 36.6 Å². The van der Waals surface area contributed by atoms with Gasteiger partial charge in [0.05, 0.1) is 19.6 Å². The molecule has 6 aliphatic heterocycles. The van der Waals surface area contributed by atoms with E-state index in [1.54, 1.807) is 95.1 Å². The Morgan fingerprint density at radius 1 is 0.409 bits per heavy atom. The molecule has 0 aromatic heterocycles. The fourth-order valence-electron chi connectivity index (χ4n) is 17.8. The van der Waals surface area contributed by atoms with Gasteiger partial charge in [-0.25, -0.2) is 16.8 Å². The van der Waals surface area contributed by atoms with Gasteiger partial charge < -0.3 is 29.4 Å². The van der Waals surface area contributed by atoms with Gasteiger partial charge in [-0.15, -0.1) is 0 Å². The van der Waals surface area contributed by atoms with Crippen molar-refractivity contribution in [2.45, 2.75) is 114 Å². The van der Waals surface area contributed by atoms with E-state index in [2.05, 4.69) is 96.1 Å². The van der Waals surface area contributed by atoms with E-state index >= 15 is 0 Å². The molecular formula is C76H92N6O4S2. The molecule has 0 saturated carbocycles. The summed E-state index contributed by atoms with van der Waals surface area (Å²) >= 11 is 0. The molecule has 6 aromatic carbocycles. The second kappa shape index (κ2) is 25.8. The molecule has 12 heteroatoms. The predicted octanol–water partition coefficient (Wildman–Crippen LogP) is 13.3. The first-order valence-electron chi connectivity index (χ1n) is 33.8. The number of rotatable bonds is 21. The number of hydrogen-bond acceptors (Lipinski definition) is 10. The first-order valence-corrected chi connectivity index (χ1v) is 36.7. The van der Waals surface area contributed by atoms with Gasteiger partial charge in [-0.2, -0.15) is 0 Å². The highest BCUT2D eigenvalue weighted by Crippen LogP contribution is 2.53. The van der Waals surface area contributed by atoms with Gasteiger partial charge in [-0.1, -0.05) is 109 Å². The lowest BCUT2D eigenvalue weighted by Crippen LogP contribution is -2.55. The van der Waals surface area contributed by atoms with E-state index in [0.29, 0.717) is 49.2 Å². The molecule has 0 amide bonds. The summed E-state index contributed by atoms with van der Waals surface area (Å²) in [6.07, 6.45) is 21.6. The number of piperidine rings is 2. The molecular weight excluding hydrogens is 1130 g/mol. The Balaban J connectivity index is 0.650. The second-order valence-electron chi connectivity index (χ2n) is 27.7. The van der Waals surface area contributed by atoms with Gasteiger partial charge in [-0.3, -0.25) is 0 Å². The first-order chi connectivity index (χ1) is 43.0. The highest BCUT2D eigenvalue weighted by atomic mass is 32.2. The lowest BCUT2D eigenvalue weighted by Gasteiger charge is -2.51. The van der Waals surface area contributed by atoms with Crippen LogP contribution in [0.2, 0.25) is 0 Å². The molecule has 10 nitrogen and oxygen atoms in total. The van der Waals surface area contributed by atoms with E-state index in [4.69, 9.17) is 0 Å². The van der Waals surface area contributed by atoms with E-state index in [1.165, 1.54) is 109 Å². The van der Waals surface area contributed by atoms with Gasteiger partial charge in [-0.05, 0) is 249 Å². The average Bonchev–Trinajstić information content (AvgIpc) is 1.54. The maximum Gasteiger partial charge on any atom is 0.206 e. The number of anilines is 2. The van der Waals surface area contributed by atoms with Crippen molar-refractivity contribution in [3.8, 4) is 0 Å². The minimum absolute atomic E-state index is 0.0268. The Morgan fingerprint density at radius 3 is 1.34 bits per heavy atom. The minimum Gasteiger partial charge on any atom is -0.371 e. The molecule has 2 aliphatic carbocycles. The van der Waals surface area contributed by atoms with Crippen LogP contribution in [0.3, 0.4) is 0 Å². The van der Waals surface area contributed by atoms with Crippen molar-refractivity contribution in [1.29, 1.82) is 0 Å². The van der Waals surface area contributed by atoms with Gasteiger partial charge in [0.2, 0.25) is 19.7 Å². The predicted molar refractivity (Wildman–Crippen MR) is 357 cm³/mol. The van der Waals surface area contributed by atoms with Gasteiger partial charge in [0, 0.05) is 86.4 Å². The van der Waals surface area contributed by atoms with Crippen LogP contribution >= 0.6 is 0 Å². The Labute approximate surface area is 526 Å². The number of nitrogens with zero attached hydrogens (tertiary/aromatic N) is 6. The average molecular weight is 1220 g/mol. The van der Waals surface area contributed by atoms with Gasteiger partial charge in [0.25, 0.3) is 0 Å². The number of sulfone groups is 2. The third-order valence-corrected chi connectivity index (χ3v) is 26.1. The number of benzene rings is 6. The minimum atomic E-state index is -3.53.